The summed E-state index contributed by atoms with van der Waals surface area (Å²) < 4.78 is 24.9. The van der Waals surface area contributed by atoms with Crippen molar-refractivity contribution in [2.45, 2.75) is 70.4 Å². The summed E-state index contributed by atoms with van der Waals surface area (Å²) in [4.78, 5) is 13.5. The molecule has 3 heterocycles. The molecule has 3 aliphatic rings. The highest BCUT2D eigenvalue weighted by atomic mass is 16.5. The number of benzene rings is 2. The molecule has 7 heteroatoms. The van der Waals surface area contributed by atoms with Crippen molar-refractivity contribution in [1.29, 1.82) is 0 Å². The van der Waals surface area contributed by atoms with Crippen LogP contribution in [0.5, 0.6) is 17.2 Å². The number of likely N-dealkylation sites (tertiary alicyclic amines) is 1. The minimum atomic E-state index is -0.975. The zero-order chi connectivity index (χ0) is 24.6. The fraction of sp³-hybridized carbons (Fsp3) is 0.536. The standard InChI is InChI=1S/C28H35NO6/c1-4-32-24-12-7-10-19-26-20(28(2,3)35-27(19)24)15-21-23(34-26)13-8-14-29(21)16-18-9-5-6-11-22(18)33-17-25(30)31/h5-7,9-12,20-21,23,26H,4,8,13-17H2,1-3H3,(H,30,31)/t20-,21-,23-,26+/m0/s1. The summed E-state index contributed by atoms with van der Waals surface area (Å²) in [6, 6.07) is 14.1. The van der Waals surface area contributed by atoms with Gasteiger partial charge in [0.15, 0.2) is 18.1 Å². The molecule has 35 heavy (non-hydrogen) atoms. The minimum absolute atomic E-state index is 0.0263. The van der Waals surface area contributed by atoms with Gasteiger partial charge in [0.25, 0.3) is 0 Å². The van der Waals surface area contributed by atoms with E-state index in [0.717, 1.165) is 48.4 Å². The third-order valence-corrected chi connectivity index (χ3v) is 7.59. The Bertz CT molecular complexity index is 1070. The molecule has 0 aliphatic carbocycles. The molecule has 5 rings (SSSR count). The van der Waals surface area contributed by atoms with Gasteiger partial charge in [-0.05, 0) is 58.7 Å². The third-order valence-electron chi connectivity index (χ3n) is 7.59. The van der Waals surface area contributed by atoms with E-state index in [9.17, 15) is 4.79 Å². The van der Waals surface area contributed by atoms with Gasteiger partial charge >= 0.3 is 5.97 Å². The first-order chi connectivity index (χ1) is 16.9. The number of rotatable bonds is 7. The molecular weight excluding hydrogens is 446 g/mol. The topological polar surface area (TPSA) is 77.5 Å². The number of nitrogens with zero attached hydrogens (tertiary/aromatic N) is 1. The Morgan fingerprint density at radius 2 is 1.94 bits per heavy atom. The molecule has 4 atom stereocenters. The van der Waals surface area contributed by atoms with Crippen molar-refractivity contribution < 1.29 is 28.8 Å². The van der Waals surface area contributed by atoms with Crippen molar-refractivity contribution in [3.63, 3.8) is 0 Å². The summed E-state index contributed by atoms with van der Waals surface area (Å²) in [6.45, 7) is 8.21. The number of aliphatic carboxylic acids is 1. The summed E-state index contributed by atoms with van der Waals surface area (Å²) >= 11 is 0. The smallest absolute Gasteiger partial charge is 0.341 e. The van der Waals surface area contributed by atoms with E-state index in [4.69, 9.17) is 24.1 Å². The molecule has 2 aromatic carbocycles. The van der Waals surface area contributed by atoms with Crippen LogP contribution in [-0.4, -0.2) is 53.5 Å². The third kappa shape index (κ3) is 4.71. The normalized spacial score (nSPS) is 27.1. The van der Waals surface area contributed by atoms with Crippen LogP contribution in [-0.2, 0) is 16.1 Å². The largest absolute Gasteiger partial charge is 0.490 e. The maximum Gasteiger partial charge on any atom is 0.341 e. The lowest BCUT2D eigenvalue weighted by atomic mass is 9.72. The van der Waals surface area contributed by atoms with Crippen molar-refractivity contribution in [2.24, 2.45) is 5.92 Å². The number of carbonyl (C=O) groups is 1. The molecular formula is C28H35NO6. The second-order valence-corrected chi connectivity index (χ2v) is 10.2. The summed E-state index contributed by atoms with van der Waals surface area (Å²) in [7, 11) is 0. The van der Waals surface area contributed by atoms with Gasteiger partial charge in [-0.2, -0.15) is 0 Å². The Morgan fingerprint density at radius 3 is 2.74 bits per heavy atom. The van der Waals surface area contributed by atoms with Gasteiger partial charge in [0.2, 0.25) is 0 Å². The molecule has 2 aromatic rings. The maximum absolute atomic E-state index is 11.0. The van der Waals surface area contributed by atoms with Gasteiger partial charge < -0.3 is 24.1 Å². The zero-order valence-corrected chi connectivity index (χ0v) is 20.7. The van der Waals surface area contributed by atoms with E-state index in [1.54, 1.807) is 0 Å². The number of hydrogen-bond acceptors (Lipinski definition) is 6. The van der Waals surface area contributed by atoms with E-state index >= 15 is 0 Å². The van der Waals surface area contributed by atoms with E-state index in [-0.39, 0.29) is 30.8 Å². The Hall–Kier alpha value is -2.77. The van der Waals surface area contributed by atoms with Gasteiger partial charge in [-0.25, -0.2) is 4.79 Å². The van der Waals surface area contributed by atoms with Crippen LogP contribution in [0.15, 0.2) is 42.5 Å². The van der Waals surface area contributed by atoms with E-state index in [1.807, 2.05) is 43.3 Å². The first-order valence-corrected chi connectivity index (χ1v) is 12.6. The summed E-state index contributed by atoms with van der Waals surface area (Å²) in [6.07, 6.45) is 3.17. The van der Waals surface area contributed by atoms with Gasteiger partial charge in [-0.3, -0.25) is 4.90 Å². The van der Waals surface area contributed by atoms with Crippen LogP contribution in [0.3, 0.4) is 0 Å². The first kappa shape index (κ1) is 23.9. The molecule has 0 spiro atoms. The Labute approximate surface area is 206 Å². The molecule has 2 fully saturated rings. The van der Waals surface area contributed by atoms with Crippen LogP contribution in [0.25, 0.3) is 0 Å². The highest BCUT2D eigenvalue weighted by Crippen LogP contribution is 2.54. The van der Waals surface area contributed by atoms with Crippen LogP contribution in [0.1, 0.15) is 57.3 Å². The number of para-hydroxylation sites is 2. The summed E-state index contributed by atoms with van der Waals surface area (Å²) in [5.41, 5.74) is 1.69. The van der Waals surface area contributed by atoms with Gasteiger partial charge in [0.1, 0.15) is 11.4 Å². The van der Waals surface area contributed by atoms with Crippen LogP contribution in [0.4, 0.5) is 0 Å². The van der Waals surface area contributed by atoms with Gasteiger partial charge in [0, 0.05) is 29.6 Å². The van der Waals surface area contributed by atoms with Crippen molar-refractivity contribution in [2.75, 3.05) is 19.8 Å². The van der Waals surface area contributed by atoms with Crippen molar-refractivity contribution in [1.82, 2.24) is 4.90 Å². The molecule has 0 amide bonds. The van der Waals surface area contributed by atoms with E-state index < -0.39 is 11.6 Å². The number of piperidine rings is 1. The predicted molar refractivity (Wildman–Crippen MR) is 131 cm³/mol. The minimum Gasteiger partial charge on any atom is -0.490 e. The molecule has 2 saturated heterocycles. The monoisotopic (exact) mass is 481 g/mol. The second-order valence-electron chi connectivity index (χ2n) is 10.2. The average Bonchev–Trinajstić information content (AvgIpc) is 2.83. The highest BCUT2D eigenvalue weighted by Gasteiger charge is 2.52. The van der Waals surface area contributed by atoms with E-state index in [0.29, 0.717) is 18.9 Å². The summed E-state index contributed by atoms with van der Waals surface area (Å²) in [5.74, 6) is 1.45. The zero-order valence-electron chi connectivity index (χ0n) is 20.7. The van der Waals surface area contributed by atoms with E-state index in [2.05, 4.69) is 24.8 Å². The summed E-state index contributed by atoms with van der Waals surface area (Å²) in [5, 5.41) is 9.05. The Balaban J connectivity index is 1.40. The Kier molecular flexibility index (Phi) is 6.64. The molecule has 188 valence electrons. The van der Waals surface area contributed by atoms with Crippen LogP contribution in [0, 0.1) is 5.92 Å². The van der Waals surface area contributed by atoms with Gasteiger partial charge in [0.05, 0.1) is 18.8 Å². The number of hydrogen-bond donors (Lipinski definition) is 1. The second kappa shape index (κ2) is 9.70. The highest BCUT2D eigenvalue weighted by molar-refractivity contribution is 5.68. The van der Waals surface area contributed by atoms with Crippen LogP contribution < -0.4 is 14.2 Å². The number of carboxylic acids is 1. The Morgan fingerprint density at radius 1 is 1.14 bits per heavy atom. The van der Waals surface area contributed by atoms with Crippen molar-refractivity contribution in [3.8, 4) is 17.2 Å². The average molecular weight is 482 g/mol. The molecule has 0 radical (unpaired) electrons. The molecule has 1 N–H and O–H groups in total. The van der Waals surface area contributed by atoms with Crippen LogP contribution >= 0.6 is 0 Å². The number of carboxylic acid groups (broad SMARTS) is 1. The fourth-order valence-corrected chi connectivity index (χ4v) is 5.96. The lowest BCUT2D eigenvalue weighted by molar-refractivity contribution is -0.190. The lowest BCUT2D eigenvalue weighted by Gasteiger charge is -2.54. The SMILES string of the molecule is CCOc1cccc2c1OC(C)(C)[C@H]1C[C@H]3[C@H](CCCN3Cc3ccccc3OCC(=O)O)O[C@H]21. The molecule has 7 nitrogen and oxygen atoms in total. The molecule has 3 aliphatic heterocycles. The van der Waals surface area contributed by atoms with Gasteiger partial charge in [-0.1, -0.05) is 30.3 Å². The van der Waals surface area contributed by atoms with Gasteiger partial charge in [-0.15, -0.1) is 0 Å². The molecule has 0 saturated carbocycles. The maximum atomic E-state index is 11.0. The van der Waals surface area contributed by atoms with Crippen LogP contribution in [0.2, 0.25) is 0 Å². The first-order valence-electron chi connectivity index (χ1n) is 12.6. The fourth-order valence-electron chi connectivity index (χ4n) is 5.96. The number of ether oxygens (including phenoxy) is 4. The van der Waals surface area contributed by atoms with Crippen molar-refractivity contribution >= 4 is 5.97 Å². The molecule has 0 aromatic heterocycles. The molecule has 0 bridgehead atoms. The van der Waals surface area contributed by atoms with Crippen molar-refractivity contribution in [3.05, 3.63) is 53.6 Å². The molecule has 0 unspecified atom stereocenters. The lowest BCUT2D eigenvalue weighted by Crippen LogP contribution is -2.58. The predicted octanol–water partition coefficient (Wildman–Crippen LogP) is 4.83. The quantitative estimate of drug-likeness (QED) is 0.607. The van der Waals surface area contributed by atoms with E-state index in [1.165, 1.54) is 0 Å². The number of fused-ring (bicyclic) bond motifs is 4.